The molecule has 0 heterocycles. The summed E-state index contributed by atoms with van der Waals surface area (Å²) in [7, 11) is 0. The van der Waals surface area contributed by atoms with Gasteiger partial charge in [0.1, 0.15) is 0 Å². The molecular formula is C18H25N. The minimum atomic E-state index is 0.636. The third-order valence-corrected chi connectivity index (χ3v) is 5.96. The number of benzene rings is 1. The van der Waals surface area contributed by atoms with Crippen molar-refractivity contribution in [3.05, 3.63) is 29.8 Å². The van der Waals surface area contributed by atoms with E-state index < -0.39 is 0 Å². The lowest BCUT2D eigenvalue weighted by Gasteiger charge is -2.57. The van der Waals surface area contributed by atoms with Crippen molar-refractivity contribution in [1.82, 2.24) is 0 Å². The number of anilines is 1. The van der Waals surface area contributed by atoms with Crippen molar-refractivity contribution >= 4 is 5.69 Å². The first-order chi connectivity index (χ1) is 9.22. The van der Waals surface area contributed by atoms with E-state index in [1.54, 1.807) is 19.3 Å². The number of nitrogens with one attached hydrogen (secondary N) is 1. The summed E-state index contributed by atoms with van der Waals surface area (Å²) in [6.07, 6.45) is 9.13. The Morgan fingerprint density at radius 1 is 1.00 bits per heavy atom. The van der Waals surface area contributed by atoms with Crippen molar-refractivity contribution in [2.75, 3.05) is 11.9 Å². The highest BCUT2D eigenvalue weighted by Crippen LogP contribution is 2.59. The van der Waals surface area contributed by atoms with Crippen molar-refractivity contribution in [2.24, 2.45) is 23.2 Å². The minimum Gasteiger partial charge on any atom is -0.384 e. The zero-order chi connectivity index (χ0) is 12.9. The maximum atomic E-state index is 3.77. The van der Waals surface area contributed by atoms with Crippen molar-refractivity contribution in [2.45, 2.75) is 45.4 Å². The molecule has 1 heteroatoms. The number of aryl methyl sites for hydroxylation is 1. The number of hydrogen-bond donors (Lipinski definition) is 1. The van der Waals surface area contributed by atoms with Crippen molar-refractivity contribution in [3.8, 4) is 0 Å². The molecule has 4 saturated carbocycles. The highest BCUT2D eigenvalue weighted by molar-refractivity contribution is 5.50. The van der Waals surface area contributed by atoms with Crippen LogP contribution in [-0.4, -0.2) is 6.54 Å². The molecule has 102 valence electrons. The highest BCUT2D eigenvalue weighted by atomic mass is 14.9. The molecule has 1 nitrogen and oxygen atoms in total. The van der Waals surface area contributed by atoms with Crippen LogP contribution < -0.4 is 5.32 Å². The van der Waals surface area contributed by atoms with Gasteiger partial charge in [0.15, 0.2) is 0 Å². The smallest absolute Gasteiger partial charge is 0.0370 e. The molecule has 0 amide bonds. The molecule has 0 aromatic heterocycles. The van der Waals surface area contributed by atoms with Crippen LogP contribution in [0.2, 0.25) is 0 Å². The van der Waals surface area contributed by atoms with Gasteiger partial charge in [0.05, 0.1) is 0 Å². The average molecular weight is 255 g/mol. The fraction of sp³-hybridized carbons (Fsp3) is 0.667. The topological polar surface area (TPSA) is 12.0 Å². The van der Waals surface area contributed by atoms with Gasteiger partial charge in [-0.3, -0.25) is 0 Å². The maximum absolute atomic E-state index is 3.77. The lowest BCUT2D eigenvalue weighted by molar-refractivity contribution is -0.0444. The SMILES string of the molecule is Cc1ccccc1NCC12CC3CC(CC(C3)C1)C2. The fourth-order valence-electron chi connectivity index (χ4n) is 5.56. The van der Waals surface area contributed by atoms with Gasteiger partial charge in [-0.05, 0) is 80.2 Å². The van der Waals surface area contributed by atoms with E-state index in [4.69, 9.17) is 0 Å². The van der Waals surface area contributed by atoms with Crippen LogP contribution in [0.4, 0.5) is 5.69 Å². The van der Waals surface area contributed by atoms with Crippen LogP contribution in [0.15, 0.2) is 24.3 Å². The first-order valence-electron chi connectivity index (χ1n) is 8.02. The van der Waals surface area contributed by atoms with Gasteiger partial charge in [-0.2, -0.15) is 0 Å². The number of hydrogen-bond acceptors (Lipinski definition) is 1. The molecule has 1 N–H and O–H groups in total. The second-order valence-electron chi connectivity index (χ2n) is 7.59. The van der Waals surface area contributed by atoms with Crippen LogP contribution in [0.3, 0.4) is 0 Å². The Kier molecular flexibility index (Phi) is 2.65. The van der Waals surface area contributed by atoms with Crippen LogP contribution in [0.25, 0.3) is 0 Å². The van der Waals surface area contributed by atoms with Crippen molar-refractivity contribution < 1.29 is 0 Å². The van der Waals surface area contributed by atoms with Crippen LogP contribution in [0.1, 0.15) is 44.1 Å². The summed E-state index contributed by atoms with van der Waals surface area (Å²) in [5.74, 6) is 3.18. The molecule has 4 bridgehead atoms. The van der Waals surface area contributed by atoms with Crippen molar-refractivity contribution in [3.63, 3.8) is 0 Å². The summed E-state index contributed by atoms with van der Waals surface area (Å²) in [5, 5.41) is 3.77. The van der Waals surface area contributed by atoms with Gasteiger partial charge < -0.3 is 5.32 Å². The third kappa shape index (κ3) is 2.07. The molecule has 0 spiro atoms. The molecule has 4 aliphatic carbocycles. The quantitative estimate of drug-likeness (QED) is 0.830. The van der Waals surface area contributed by atoms with Gasteiger partial charge in [-0.25, -0.2) is 0 Å². The van der Waals surface area contributed by atoms with Crippen LogP contribution >= 0.6 is 0 Å². The first-order valence-corrected chi connectivity index (χ1v) is 8.02. The molecule has 1 aromatic rings. The van der Waals surface area contributed by atoms with Crippen LogP contribution in [-0.2, 0) is 0 Å². The van der Waals surface area contributed by atoms with Gasteiger partial charge in [-0.15, -0.1) is 0 Å². The van der Waals surface area contributed by atoms with Gasteiger partial charge in [0.25, 0.3) is 0 Å². The van der Waals surface area contributed by atoms with Crippen LogP contribution in [0, 0.1) is 30.1 Å². The van der Waals surface area contributed by atoms with E-state index in [0.717, 1.165) is 17.8 Å². The fourth-order valence-corrected chi connectivity index (χ4v) is 5.56. The van der Waals surface area contributed by atoms with E-state index in [1.807, 2.05) is 0 Å². The summed E-state index contributed by atoms with van der Waals surface area (Å²) >= 11 is 0. The minimum absolute atomic E-state index is 0.636. The zero-order valence-electron chi connectivity index (χ0n) is 12.0. The van der Waals surface area contributed by atoms with E-state index in [0.29, 0.717) is 5.41 Å². The third-order valence-electron chi connectivity index (χ3n) is 5.96. The monoisotopic (exact) mass is 255 g/mol. The molecule has 0 radical (unpaired) electrons. The maximum Gasteiger partial charge on any atom is 0.0370 e. The summed E-state index contributed by atoms with van der Waals surface area (Å²) in [6, 6.07) is 8.72. The normalized spacial score (nSPS) is 39.5. The second-order valence-corrected chi connectivity index (χ2v) is 7.59. The Labute approximate surface area is 116 Å². The predicted octanol–water partition coefficient (Wildman–Crippen LogP) is 4.62. The molecule has 0 unspecified atom stereocenters. The number of rotatable bonds is 3. The van der Waals surface area contributed by atoms with Crippen LogP contribution in [0.5, 0.6) is 0 Å². The Bertz CT molecular complexity index is 441. The Morgan fingerprint density at radius 3 is 2.16 bits per heavy atom. The van der Waals surface area contributed by atoms with Gasteiger partial charge in [0, 0.05) is 12.2 Å². The molecule has 0 atom stereocenters. The summed E-state index contributed by atoms with van der Waals surface area (Å²) in [5.41, 5.74) is 3.36. The van der Waals surface area contributed by atoms with Gasteiger partial charge >= 0.3 is 0 Å². The number of para-hydroxylation sites is 1. The molecule has 19 heavy (non-hydrogen) atoms. The van der Waals surface area contributed by atoms with Crippen molar-refractivity contribution in [1.29, 1.82) is 0 Å². The molecular weight excluding hydrogens is 230 g/mol. The molecule has 0 aliphatic heterocycles. The lowest BCUT2D eigenvalue weighted by atomic mass is 9.49. The van der Waals surface area contributed by atoms with E-state index in [1.165, 1.54) is 37.1 Å². The highest BCUT2D eigenvalue weighted by Gasteiger charge is 2.50. The summed E-state index contributed by atoms with van der Waals surface area (Å²) in [4.78, 5) is 0. The standard InChI is InChI=1S/C18H25N/c1-13-4-2-3-5-17(13)19-12-18-9-14-6-15(10-18)8-16(7-14)11-18/h2-5,14-16,19H,6-12H2,1H3. The first kappa shape index (κ1) is 11.8. The largest absolute Gasteiger partial charge is 0.384 e. The molecule has 4 aliphatic rings. The van der Waals surface area contributed by atoms with Gasteiger partial charge in [-0.1, -0.05) is 18.2 Å². The van der Waals surface area contributed by atoms with E-state index in [9.17, 15) is 0 Å². The summed E-state index contributed by atoms with van der Waals surface area (Å²) < 4.78 is 0. The van der Waals surface area contributed by atoms with Gasteiger partial charge in [0.2, 0.25) is 0 Å². The summed E-state index contributed by atoms with van der Waals surface area (Å²) in [6.45, 7) is 3.42. The molecule has 5 rings (SSSR count). The average Bonchev–Trinajstić information content (AvgIpc) is 2.36. The predicted molar refractivity (Wildman–Crippen MR) is 80.3 cm³/mol. The van der Waals surface area contributed by atoms with E-state index in [2.05, 4.69) is 36.5 Å². The van der Waals surface area contributed by atoms with E-state index in [-0.39, 0.29) is 0 Å². The zero-order valence-corrected chi connectivity index (χ0v) is 12.0. The van der Waals surface area contributed by atoms with E-state index >= 15 is 0 Å². The Balaban J connectivity index is 1.49. The Morgan fingerprint density at radius 2 is 1.58 bits per heavy atom. The molecule has 4 fully saturated rings. The molecule has 0 saturated heterocycles. The second kappa shape index (κ2) is 4.26. The Hall–Kier alpha value is -0.980. The lowest BCUT2D eigenvalue weighted by Crippen LogP contribution is -2.49. The molecule has 1 aromatic carbocycles.